The Hall–Kier alpha value is -1.69. The lowest BCUT2D eigenvalue weighted by Crippen LogP contribution is -2.10. The van der Waals surface area contributed by atoms with Crippen molar-refractivity contribution in [1.82, 2.24) is 19.4 Å². The van der Waals surface area contributed by atoms with E-state index < -0.39 is 0 Å². The van der Waals surface area contributed by atoms with Crippen LogP contribution in [0.3, 0.4) is 0 Å². The lowest BCUT2D eigenvalue weighted by Gasteiger charge is -2.00. The van der Waals surface area contributed by atoms with Crippen LogP contribution in [0.25, 0.3) is 16.7 Å². The van der Waals surface area contributed by atoms with E-state index in [0.29, 0.717) is 11.2 Å². The zero-order chi connectivity index (χ0) is 10.4. The third-order valence-corrected chi connectivity index (χ3v) is 2.63. The maximum Gasteiger partial charge on any atom is 0.275 e. The van der Waals surface area contributed by atoms with E-state index in [1.54, 1.807) is 16.9 Å². The maximum absolute atomic E-state index is 11.6. The van der Waals surface area contributed by atoms with Crippen LogP contribution < -0.4 is 5.56 Å². The molecule has 0 amide bonds. The fraction of sp³-hybridized carbons (Fsp3) is 0. The minimum Gasteiger partial charge on any atom is -0.303 e. The SMILES string of the molecule is O=c1[nH]c2ncc(Br)cc2n2cncc12. The number of H-pyrrole nitrogens is 1. The molecule has 0 atom stereocenters. The maximum atomic E-state index is 11.6. The smallest absolute Gasteiger partial charge is 0.275 e. The molecule has 3 rings (SSSR count). The van der Waals surface area contributed by atoms with Crippen molar-refractivity contribution in [1.29, 1.82) is 0 Å². The van der Waals surface area contributed by atoms with Crippen LogP contribution in [0.15, 0.2) is 34.1 Å². The first-order chi connectivity index (χ1) is 7.25. The van der Waals surface area contributed by atoms with Gasteiger partial charge in [0.1, 0.15) is 5.52 Å². The van der Waals surface area contributed by atoms with Crippen LogP contribution in [0.1, 0.15) is 0 Å². The first-order valence-corrected chi connectivity index (χ1v) is 5.04. The number of rotatable bonds is 0. The topological polar surface area (TPSA) is 63.0 Å². The van der Waals surface area contributed by atoms with E-state index in [2.05, 4.69) is 30.9 Å². The van der Waals surface area contributed by atoms with Crippen LogP contribution in [0, 0.1) is 0 Å². The summed E-state index contributed by atoms with van der Waals surface area (Å²) < 4.78 is 2.57. The second-order valence-corrected chi connectivity index (χ2v) is 4.04. The number of fused-ring (bicyclic) bond motifs is 3. The fourth-order valence-electron chi connectivity index (χ4n) is 1.54. The Morgan fingerprint density at radius 3 is 3.07 bits per heavy atom. The summed E-state index contributed by atoms with van der Waals surface area (Å²) in [7, 11) is 0. The number of aromatic nitrogens is 4. The van der Waals surface area contributed by atoms with Gasteiger partial charge < -0.3 is 4.98 Å². The van der Waals surface area contributed by atoms with Gasteiger partial charge in [0.25, 0.3) is 5.56 Å². The Morgan fingerprint density at radius 1 is 1.33 bits per heavy atom. The van der Waals surface area contributed by atoms with Crippen molar-refractivity contribution in [2.24, 2.45) is 0 Å². The molecule has 0 saturated heterocycles. The Balaban J connectivity index is 2.67. The van der Waals surface area contributed by atoms with Gasteiger partial charge in [-0.05, 0) is 22.0 Å². The van der Waals surface area contributed by atoms with Crippen molar-refractivity contribution >= 4 is 32.6 Å². The molecule has 0 aliphatic carbocycles. The molecule has 15 heavy (non-hydrogen) atoms. The summed E-state index contributed by atoms with van der Waals surface area (Å²) in [6, 6.07) is 1.88. The van der Waals surface area contributed by atoms with E-state index in [1.807, 2.05) is 6.07 Å². The highest BCUT2D eigenvalue weighted by molar-refractivity contribution is 9.10. The molecular formula is C9H5BrN4O. The van der Waals surface area contributed by atoms with Gasteiger partial charge in [0.05, 0.1) is 18.0 Å². The van der Waals surface area contributed by atoms with Crippen molar-refractivity contribution in [3.63, 3.8) is 0 Å². The van der Waals surface area contributed by atoms with Gasteiger partial charge in [-0.2, -0.15) is 0 Å². The van der Waals surface area contributed by atoms with E-state index >= 15 is 0 Å². The van der Waals surface area contributed by atoms with Crippen molar-refractivity contribution in [3.05, 3.63) is 39.6 Å². The van der Waals surface area contributed by atoms with E-state index in [9.17, 15) is 4.79 Å². The van der Waals surface area contributed by atoms with Gasteiger partial charge in [0.2, 0.25) is 0 Å². The van der Waals surface area contributed by atoms with Gasteiger partial charge >= 0.3 is 0 Å². The molecule has 0 saturated carbocycles. The molecule has 3 aromatic heterocycles. The molecule has 0 bridgehead atoms. The fourth-order valence-corrected chi connectivity index (χ4v) is 1.85. The molecule has 3 aromatic rings. The number of hydrogen-bond donors (Lipinski definition) is 1. The van der Waals surface area contributed by atoms with Crippen molar-refractivity contribution in [2.75, 3.05) is 0 Å². The third-order valence-electron chi connectivity index (χ3n) is 2.20. The largest absolute Gasteiger partial charge is 0.303 e. The molecule has 0 aliphatic rings. The van der Waals surface area contributed by atoms with E-state index in [-0.39, 0.29) is 5.56 Å². The number of hydrogen-bond acceptors (Lipinski definition) is 3. The first-order valence-electron chi connectivity index (χ1n) is 4.25. The molecule has 1 N–H and O–H groups in total. The lowest BCUT2D eigenvalue weighted by molar-refractivity contribution is 1.13. The van der Waals surface area contributed by atoms with Crippen LogP contribution in [0.5, 0.6) is 0 Å². The van der Waals surface area contributed by atoms with Gasteiger partial charge in [-0.15, -0.1) is 0 Å². The Labute approximate surface area is 91.9 Å². The average Bonchev–Trinajstić information content (AvgIpc) is 2.69. The molecule has 0 fully saturated rings. The van der Waals surface area contributed by atoms with E-state index in [0.717, 1.165) is 9.99 Å². The summed E-state index contributed by atoms with van der Waals surface area (Å²) in [4.78, 5) is 22.3. The van der Waals surface area contributed by atoms with Gasteiger partial charge in [-0.25, -0.2) is 9.97 Å². The molecule has 0 radical (unpaired) electrons. The highest BCUT2D eigenvalue weighted by Gasteiger charge is 2.05. The summed E-state index contributed by atoms with van der Waals surface area (Å²) in [6.45, 7) is 0. The second kappa shape index (κ2) is 2.90. The van der Waals surface area contributed by atoms with E-state index in [1.165, 1.54) is 6.20 Å². The standard InChI is InChI=1S/C9H5BrN4O/c10-5-1-6-8(12-2-5)13-9(15)7-3-11-4-14(6)7/h1-4H,(H,12,13,15). The van der Waals surface area contributed by atoms with Gasteiger partial charge in [-0.3, -0.25) is 9.20 Å². The molecule has 0 spiro atoms. The van der Waals surface area contributed by atoms with Gasteiger partial charge in [0.15, 0.2) is 5.65 Å². The number of halogens is 1. The number of nitrogens with zero attached hydrogens (tertiary/aromatic N) is 3. The van der Waals surface area contributed by atoms with Crippen molar-refractivity contribution in [2.45, 2.75) is 0 Å². The number of nitrogens with one attached hydrogen (secondary N) is 1. The summed E-state index contributed by atoms with van der Waals surface area (Å²) in [6.07, 6.45) is 4.77. The van der Waals surface area contributed by atoms with Crippen LogP contribution in [0.4, 0.5) is 0 Å². The van der Waals surface area contributed by atoms with Crippen LogP contribution in [-0.2, 0) is 0 Å². The number of pyridine rings is 1. The lowest BCUT2D eigenvalue weighted by atomic mass is 10.4. The highest BCUT2D eigenvalue weighted by Crippen LogP contribution is 2.15. The normalized spacial score (nSPS) is 11.3. The minimum atomic E-state index is -0.185. The highest BCUT2D eigenvalue weighted by atomic mass is 79.9. The molecule has 5 nitrogen and oxygen atoms in total. The van der Waals surface area contributed by atoms with E-state index in [4.69, 9.17) is 0 Å². The monoisotopic (exact) mass is 264 g/mol. The van der Waals surface area contributed by atoms with Crippen molar-refractivity contribution in [3.8, 4) is 0 Å². The zero-order valence-electron chi connectivity index (χ0n) is 7.44. The zero-order valence-corrected chi connectivity index (χ0v) is 9.02. The van der Waals surface area contributed by atoms with Gasteiger partial charge in [0, 0.05) is 10.7 Å². The summed E-state index contributed by atoms with van der Waals surface area (Å²) in [5.41, 5.74) is 1.70. The molecular weight excluding hydrogens is 260 g/mol. The molecule has 6 heteroatoms. The third kappa shape index (κ3) is 1.18. The summed E-state index contributed by atoms with van der Waals surface area (Å²) >= 11 is 3.34. The predicted molar refractivity (Wildman–Crippen MR) is 58.8 cm³/mol. The van der Waals surface area contributed by atoms with Crippen LogP contribution in [0.2, 0.25) is 0 Å². The quantitative estimate of drug-likeness (QED) is 0.667. The van der Waals surface area contributed by atoms with Crippen LogP contribution >= 0.6 is 15.9 Å². The second-order valence-electron chi connectivity index (χ2n) is 3.12. The minimum absolute atomic E-state index is 0.185. The molecule has 3 heterocycles. The summed E-state index contributed by atoms with van der Waals surface area (Å²) in [5, 5.41) is 0. The number of imidazole rings is 1. The molecule has 0 unspecified atom stereocenters. The molecule has 0 aliphatic heterocycles. The van der Waals surface area contributed by atoms with Crippen LogP contribution in [-0.4, -0.2) is 19.4 Å². The first kappa shape index (κ1) is 8.60. The average molecular weight is 265 g/mol. The molecule has 0 aromatic carbocycles. The molecule has 74 valence electrons. The summed E-state index contributed by atoms with van der Waals surface area (Å²) in [5.74, 6) is 0. The Morgan fingerprint density at radius 2 is 2.20 bits per heavy atom. The Bertz CT molecular complexity index is 715. The van der Waals surface area contributed by atoms with Crippen molar-refractivity contribution < 1.29 is 0 Å². The van der Waals surface area contributed by atoms with Gasteiger partial charge in [-0.1, -0.05) is 0 Å². The number of aromatic amines is 1. The Kier molecular flexibility index (Phi) is 1.66. The predicted octanol–water partition coefficient (Wildman–Crippen LogP) is 1.33.